The summed E-state index contributed by atoms with van der Waals surface area (Å²) in [5.41, 5.74) is 2.27. The second-order valence-electron chi connectivity index (χ2n) is 4.75. The monoisotopic (exact) mass is 286 g/mol. The smallest absolute Gasteiger partial charge is 0.199 e. The SMILES string of the molecule is Cc1ccc(S(=O)(=O)/C=C/CCc2ccccc2)cc1. The van der Waals surface area contributed by atoms with Crippen LogP contribution in [0.2, 0.25) is 0 Å². The molecule has 0 spiro atoms. The molecule has 3 heteroatoms. The Balaban J connectivity index is 1.98. The van der Waals surface area contributed by atoms with Gasteiger partial charge in [-0.05, 0) is 37.5 Å². The molecule has 2 nitrogen and oxygen atoms in total. The molecule has 2 aromatic carbocycles. The van der Waals surface area contributed by atoms with Crippen LogP contribution in [0.15, 0.2) is 71.0 Å². The van der Waals surface area contributed by atoms with Gasteiger partial charge in [-0.3, -0.25) is 0 Å². The molecule has 0 N–H and O–H groups in total. The molecule has 0 heterocycles. The summed E-state index contributed by atoms with van der Waals surface area (Å²) in [6.45, 7) is 1.94. The molecule has 0 saturated heterocycles. The van der Waals surface area contributed by atoms with Crippen LogP contribution in [-0.2, 0) is 16.3 Å². The third-order valence-electron chi connectivity index (χ3n) is 3.07. The molecule has 0 radical (unpaired) electrons. The first-order chi connectivity index (χ1) is 9.58. The van der Waals surface area contributed by atoms with E-state index >= 15 is 0 Å². The van der Waals surface area contributed by atoms with Gasteiger partial charge < -0.3 is 0 Å². The topological polar surface area (TPSA) is 34.1 Å². The minimum absolute atomic E-state index is 0.346. The fourth-order valence-electron chi connectivity index (χ4n) is 1.90. The van der Waals surface area contributed by atoms with Crippen molar-refractivity contribution in [3.8, 4) is 0 Å². The predicted molar refractivity (Wildman–Crippen MR) is 82.3 cm³/mol. The van der Waals surface area contributed by atoms with Crippen molar-refractivity contribution >= 4 is 9.84 Å². The number of rotatable bonds is 5. The van der Waals surface area contributed by atoms with Crippen LogP contribution in [0, 0.1) is 6.92 Å². The van der Waals surface area contributed by atoms with Crippen LogP contribution in [0.5, 0.6) is 0 Å². The summed E-state index contributed by atoms with van der Waals surface area (Å²) in [6.07, 6.45) is 3.29. The number of allylic oxidation sites excluding steroid dienone is 1. The van der Waals surface area contributed by atoms with Crippen LogP contribution >= 0.6 is 0 Å². The maximum atomic E-state index is 12.1. The Hall–Kier alpha value is -1.87. The lowest BCUT2D eigenvalue weighted by molar-refractivity contribution is 0.604. The zero-order valence-corrected chi connectivity index (χ0v) is 12.3. The Morgan fingerprint density at radius 1 is 0.950 bits per heavy atom. The van der Waals surface area contributed by atoms with E-state index in [1.165, 1.54) is 11.0 Å². The van der Waals surface area contributed by atoms with E-state index in [4.69, 9.17) is 0 Å². The lowest BCUT2D eigenvalue weighted by Gasteiger charge is -2.00. The zero-order chi connectivity index (χ0) is 14.4. The lowest BCUT2D eigenvalue weighted by Crippen LogP contribution is -1.96. The molecule has 0 unspecified atom stereocenters. The molecule has 0 bridgehead atoms. The minimum atomic E-state index is -3.31. The summed E-state index contributed by atoms with van der Waals surface area (Å²) >= 11 is 0. The van der Waals surface area contributed by atoms with Gasteiger partial charge in [-0.2, -0.15) is 0 Å². The molecule has 0 fully saturated rings. The summed E-state index contributed by atoms with van der Waals surface area (Å²) < 4.78 is 24.1. The Labute approximate surface area is 120 Å². The van der Waals surface area contributed by atoms with Crippen molar-refractivity contribution in [1.82, 2.24) is 0 Å². The molecule has 0 aliphatic rings. The molecule has 0 aliphatic heterocycles. The molecule has 2 aromatic rings. The fourth-order valence-corrected chi connectivity index (χ4v) is 2.96. The average molecular weight is 286 g/mol. The highest BCUT2D eigenvalue weighted by Gasteiger charge is 2.08. The van der Waals surface area contributed by atoms with Gasteiger partial charge in [0.25, 0.3) is 0 Å². The first-order valence-electron chi connectivity index (χ1n) is 6.60. The second-order valence-corrected chi connectivity index (χ2v) is 6.59. The Kier molecular flexibility index (Phi) is 4.74. The highest BCUT2D eigenvalue weighted by atomic mass is 32.2. The summed E-state index contributed by atoms with van der Waals surface area (Å²) in [5.74, 6) is 0. The highest BCUT2D eigenvalue weighted by Crippen LogP contribution is 2.13. The zero-order valence-electron chi connectivity index (χ0n) is 11.5. The molecule has 0 aromatic heterocycles. The van der Waals surface area contributed by atoms with Crippen LogP contribution in [0.3, 0.4) is 0 Å². The van der Waals surface area contributed by atoms with Gasteiger partial charge in [-0.1, -0.05) is 54.1 Å². The van der Waals surface area contributed by atoms with Crippen LogP contribution < -0.4 is 0 Å². The van der Waals surface area contributed by atoms with E-state index in [9.17, 15) is 8.42 Å². The van der Waals surface area contributed by atoms with Gasteiger partial charge in [0.2, 0.25) is 0 Å². The molecule has 0 saturated carbocycles. The molecular weight excluding hydrogens is 268 g/mol. The van der Waals surface area contributed by atoms with Crippen molar-refractivity contribution in [2.24, 2.45) is 0 Å². The van der Waals surface area contributed by atoms with Crippen LogP contribution in [0.4, 0.5) is 0 Å². The van der Waals surface area contributed by atoms with Crippen molar-refractivity contribution in [3.05, 3.63) is 77.2 Å². The molecular formula is C17H18O2S. The second kappa shape index (κ2) is 6.53. The van der Waals surface area contributed by atoms with E-state index in [1.54, 1.807) is 18.2 Å². The van der Waals surface area contributed by atoms with Gasteiger partial charge in [-0.25, -0.2) is 8.42 Å². The highest BCUT2D eigenvalue weighted by molar-refractivity contribution is 7.94. The maximum Gasteiger partial charge on any atom is 0.199 e. The average Bonchev–Trinajstić information content (AvgIpc) is 2.45. The van der Waals surface area contributed by atoms with Gasteiger partial charge in [-0.15, -0.1) is 0 Å². The largest absolute Gasteiger partial charge is 0.219 e. The van der Waals surface area contributed by atoms with Crippen LogP contribution in [0.25, 0.3) is 0 Å². The third-order valence-corrected chi connectivity index (χ3v) is 4.55. The minimum Gasteiger partial charge on any atom is -0.219 e. The normalized spacial score (nSPS) is 11.8. The molecule has 2 rings (SSSR count). The van der Waals surface area contributed by atoms with E-state index in [0.29, 0.717) is 4.90 Å². The number of sulfone groups is 1. The molecule has 0 amide bonds. The number of hydrogen-bond acceptors (Lipinski definition) is 2. The van der Waals surface area contributed by atoms with Crippen molar-refractivity contribution in [2.75, 3.05) is 0 Å². The molecule has 0 atom stereocenters. The summed E-state index contributed by atoms with van der Waals surface area (Å²) in [6, 6.07) is 16.9. The van der Waals surface area contributed by atoms with Crippen molar-refractivity contribution in [1.29, 1.82) is 0 Å². The summed E-state index contributed by atoms with van der Waals surface area (Å²) in [7, 11) is -3.31. The number of hydrogen-bond donors (Lipinski definition) is 0. The predicted octanol–water partition coefficient (Wildman–Crippen LogP) is 3.92. The third kappa shape index (κ3) is 4.07. The standard InChI is InChI=1S/C17H18O2S/c1-15-10-12-17(13-11-15)20(18,19)14-6-5-9-16-7-3-2-4-8-16/h2-4,6-8,10-14H,5,9H2,1H3/b14-6+. The maximum absolute atomic E-state index is 12.1. The first-order valence-corrected chi connectivity index (χ1v) is 8.15. The van der Waals surface area contributed by atoms with Crippen LogP contribution in [0.1, 0.15) is 17.5 Å². The fraction of sp³-hybridized carbons (Fsp3) is 0.176. The Bertz CT molecular complexity index is 669. The Morgan fingerprint density at radius 2 is 1.60 bits per heavy atom. The summed E-state index contributed by atoms with van der Waals surface area (Å²) in [4.78, 5) is 0.346. The van der Waals surface area contributed by atoms with E-state index in [0.717, 1.165) is 18.4 Å². The van der Waals surface area contributed by atoms with Gasteiger partial charge >= 0.3 is 0 Å². The van der Waals surface area contributed by atoms with Gasteiger partial charge in [0.05, 0.1) is 4.90 Å². The van der Waals surface area contributed by atoms with Crippen molar-refractivity contribution in [3.63, 3.8) is 0 Å². The van der Waals surface area contributed by atoms with Crippen LogP contribution in [-0.4, -0.2) is 8.42 Å². The van der Waals surface area contributed by atoms with Gasteiger partial charge in [0.1, 0.15) is 0 Å². The van der Waals surface area contributed by atoms with Gasteiger partial charge in [0, 0.05) is 5.41 Å². The lowest BCUT2D eigenvalue weighted by atomic mass is 10.1. The molecule has 104 valence electrons. The molecule has 20 heavy (non-hydrogen) atoms. The molecule has 0 aliphatic carbocycles. The number of aryl methyl sites for hydroxylation is 2. The first kappa shape index (κ1) is 14.5. The summed E-state index contributed by atoms with van der Waals surface area (Å²) in [5, 5.41) is 1.31. The van der Waals surface area contributed by atoms with E-state index in [-0.39, 0.29) is 0 Å². The van der Waals surface area contributed by atoms with Gasteiger partial charge in [0.15, 0.2) is 9.84 Å². The van der Waals surface area contributed by atoms with Crippen molar-refractivity contribution in [2.45, 2.75) is 24.7 Å². The van der Waals surface area contributed by atoms with E-state index < -0.39 is 9.84 Å². The van der Waals surface area contributed by atoms with E-state index in [2.05, 4.69) is 0 Å². The Morgan fingerprint density at radius 3 is 2.25 bits per heavy atom. The van der Waals surface area contributed by atoms with Crippen molar-refractivity contribution < 1.29 is 8.42 Å². The quantitative estimate of drug-likeness (QED) is 0.835. The number of benzene rings is 2. The van der Waals surface area contributed by atoms with E-state index in [1.807, 2.05) is 49.4 Å².